The van der Waals surface area contributed by atoms with Crippen LogP contribution in [-0.2, 0) is 11.2 Å². The van der Waals surface area contributed by atoms with Crippen LogP contribution in [-0.4, -0.2) is 11.7 Å². The average Bonchev–Trinajstić information content (AvgIpc) is 2.94. The van der Waals surface area contributed by atoms with Crippen LogP contribution >= 0.6 is 0 Å². The van der Waals surface area contributed by atoms with E-state index in [-0.39, 0.29) is 11.4 Å². The minimum Gasteiger partial charge on any atom is -0.367 e. The molecule has 1 unspecified atom stereocenters. The van der Waals surface area contributed by atoms with E-state index in [0.29, 0.717) is 6.10 Å². The number of benzene rings is 1. The van der Waals surface area contributed by atoms with Crippen molar-refractivity contribution in [2.24, 2.45) is 0 Å². The summed E-state index contributed by atoms with van der Waals surface area (Å²) in [4.78, 5) is 0. The van der Waals surface area contributed by atoms with Crippen molar-refractivity contribution in [1.29, 1.82) is 0 Å². The van der Waals surface area contributed by atoms with Crippen LogP contribution in [0.1, 0.15) is 39.2 Å². The van der Waals surface area contributed by atoms with Gasteiger partial charge in [0.1, 0.15) is 5.82 Å². The Kier molecular flexibility index (Phi) is 3.86. The third-order valence-corrected chi connectivity index (χ3v) is 3.56. The van der Waals surface area contributed by atoms with Crippen molar-refractivity contribution in [3.05, 3.63) is 47.3 Å². The van der Waals surface area contributed by atoms with Crippen LogP contribution in [0.3, 0.4) is 0 Å². The molecule has 1 aromatic rings. The molecule has 1 nitrogen and oxygen atoms in total. The van der Waals surface area contributed by atoms with Crippen LogP contribution in [0.2, 0.25) is 0 Å². The fourth-order valence-corrected chi connectivity index (χ4v) is 2.11. The fraction of sp³-hybridized carbons (Fsp3) is 0.500. The lowest BCUT2D eigenvalue weighted by Gasteiger charge is -2.01. The molecule has 0 amide bonds. The highest BCUT2D eigenvalue weighted by atomic mass is 19.1. The smallest absolute Gasteiger partial charge is 0.123 e. The molecule has 0 bridgehead atoms. The van der Waals surface area contributed by atoms with E-state index >= 15 is 0 Å². The Bertz CT molecular complexity index is 431. The second kappa shape index (κ2) is 5.23. The van der Waals surface area contributed by atoms with Gasteiger partial charge in [0.25, 0.3) is 0 Å². The van der Waals surface area contributed by atoms with E-state index < -0.39 is 0 Å². The van der Waals surface area contributed by atoms with Crippen LogP contribution in [0, 0.1) is 5.82 Å². The van der Waals surface area contributed by atoms with Crippen molar-refractivity contribution in [1.82, 2.24) is 0 Å². The molecule has 0 aromatic heterocycles. The number of epoxide rings is 1. The molecule has 1 heterocycles. The van der Waals surface area contributed by atoms with Crippen molar-refractivity contribution < 1.29 is 9.13 Å². The number of allylic oxidation sites excluding steroid dienone is 2. The Hall–Kier alpha value is -1.15. The molecule has 1 aliphatic heterocycles. The summed E-state index contributed by atoms with van der Waals surface area (Å²) in [5.74, 6) is -0.174. The largest absolute Gasteiger partial charge is 0.367 e. The molecule has 1 fully saturated rings. The fourth-order valence-electron chi connectivity index (χ4n) is 2.11. The number of halogens is 1. The quantitative estimate of drug-likeness (QED) is 0.560. The van der Waals surface area contributed by atoms with Crippen molar-refractivity contribution in [3.63, 3.8) is 0 Å². The summed E-state index contributed by atoms with van der Waals surface area (Å²) < 4.78 is 18.3. The van der Waals surface area contributed by atoms with Gasteiger partial charge in [-0.3, -0.25) is 0 Å². The van der Waals surface area contributed by atoms with Gasteiger partial charge in [0.2, 0.25) is 0 Å². The number of rotatable bonds is 5. The standard InChI is InChI=1S/C16H21FO/c1-12(5-11-15-16(2,3)18-15)4-6-13-7-9-14(17)10-8-13/h4,7-10,15H,5-6,11H2,1-3H3/b12-4+. The van der Waals surface area contributed by atoms with Gasteiger partial charge in [-0.2, -0.15) is 0 Å². The van der Waals surface area contributed by atoms with Crippen molar-refractivity contribution in [2.45, 2.75) is 51.7 Å². The maximum Gasteiger partial charge on any atom is 0.123 e. The summed E-state index contributed by atoms with van der Waals surface area (Å²) in [6.45, 7) is 6.42. The zero-order chi connectivity index (χ0) is 13.2. The van der Waals surface area contributed by atoms with Gasteiger partial charge in [0.05, 0.1) is 11.7 Å². The third-order valence-electron chi connectivity index (χ3n) is 3.56. The van der Waals surface area contributed by atoms with Crippen LogP contribution < -0.4 is 0 Å². The van der Waals surface area contributed by atoms with E-state index in [1.807, 2.05) is 12.1 Å². The first-order chi connectivity index (χ1) is 8.47. The molecule has 1 atom stereocenters. The van der Waals surface area contributed by atoms with Crippen LogP contribution in [0.25, 0.3) is 0 Å². The van der Waals surface area contributed by atoms with E-state index in [0.717, 1.165) is 24.8 Å². The van der Waals surface area contributed by atoms with E-state index in [4.69, 9.17) is 4.74 Å². The monoisotopic (exact) mass is 248 g/mol. The van der Waals surface area contributed by atoms with E-state index in [1.54, 1.807) is 0 Å². The van der Waals surface area contributed by atoms with E-state index in [2.05, 4.69) is 26.8 Å². The molecule has 0 saturated carbocycles. The molecule has 1 aromatic carbocycles. The maximum atomic E-state index is 12.7. The van der Waals surface area contributed by atoms with Crippen molar-refractivity contribution in [3.8, 4) is 0 Å². The SMILES string of the molecule is C/C(=C\Cc1ccc(F)cc1)CCC1OC1(C)C. The minimum atomic E-state index is -0.174. The number of ether oxygens (including phenoxy) is 1. The molecule has 0 aliphatic carbocycles. The Balaban J connectivity index is 1.77. The molecule has 1 aliphatic rings. The molecule has 2 heteroatoms. The Morgan fingerprint density at radius 1 is 1.33 bits per heavy atom. The number of hydrogen-bond donors (Lipinski definition) is 0. The Morgan fingerprint density at radius 2 is 1.94 bits per heavy atom. The van der Waals surface area contributed by atoms with Crippen LogP contribution in [0.5, 0.6) is 0 Å². The molecule has 1 saturated heterocycles. The molecule has 0 spiro atoms. The van der Waals surface area contributed by atoms with E-state index in [1.165, 1.54) is 17.7 Å². The second-order valence-corrected chi connectivity index (χ2v) is 5.63. The molecule has 2 rings (SSSR count). The predicted octanol–water partition coefficient (Wildman–Crippen LogP) is 4.27. The van der Waals surface area contributed by atoms with Gasteiger partial charge < -0.3 is 4.74 Å². The van der Waals surface area contributed by atoms with Gasteiger partial charge in [-0.1, -0.05) is 23.8 Å². The minimum absolute atomic E-state index is 0.0945. The average molecular weight is 248 g/mol. The summed E-state index contributed by atoms with van der Waals surface area (Å²) in [6.07, 6.45) is 5.70. The third kappa shape index (κ3) is 3.67. The maximum absolute atomic E-state index is 12.7. The van der Waals surface area contributed by atoms with Gasteiger partial charge in [-0.15, -0.1) is 0 Å². The summed E-state index contributed by atoms with van der Waals surface area (Å²) in [5, 5.41) is 0. The topological polar surface area (TPSA) is 12.5 Å². The molecular formula is C16H21FO. The Morgan fingerprint density at radius 3 is 2.50 bits per heavy atom. The number of hydrogen-bond acceptors (Lipinski definition) is 1. The summed E-state index contributed by atoms with van der Waals surface area (Å²) in [7, 11) is 0. The molecule has 18 heavy (non-hydrogen) atoms. The second-order valence-electron chi connectivity index (χ2n) is 5.63. The summed E-state index contributed by atoms with van der Waals surface area (Å²) in [5.41, 5.74) is 2.63. The normalized spacial score (nSPS) is 22.0. The summed E-state index contributed by atoms with van der Waals surface area (Å²) >= 11 is 0. The van der Waals surface area contributed by atoms with Crippen molar-refractivity contribution in [2.75, 3.05) is 0 Å². The van der Waals surface area contributed by atoms with Gasteiger partial charge in [0, 0.05) is 0 Å². The van der Waals surface area contributed by atoms with Gasteiger partial charge >= 0.3 is 0 Å². The Labute approximate surface area is 109 Å². The van der Waals surface area contributed by atoms with Gasteiger partial charge in [0.15, 0.2) is 0 Å². The molecule has 98 valence electrons. The van der Waals surface area contributed by atoms with Crippen LogP contribution in [0.4, 0.5) is 4.39 Å². The van der Waals surface area contributed by atoms with Gasteiger partial charge in [-0.25, -0.2) is 4.39 Å². The molecular weight excluding hydrogens is 227 g/mol. The lowest BCUT2D eigenvalue weighted by Crippen LogP contribution is -2.02. The first kappa shape index (κ1) is 13.3. The predicted molar refractivity (Wildman–Crippen MR) is 72.0 cm³/mol. The zero-order valence-electron chi connectivity index (χ0n) is 11.4. The van der Waals surface area contributed by atoms with Crippen LogP contribution in [0.15, 0.2) is 35.9 Å². The highest BCUT2D eigenvalue weighted by Crippen LogP contribution is 2.38. The lowest BCUT2D eigenvalue weighted by molar-refractivity contribution is 0.320. The summed E-state index contributed by atoms with van der Waals surface area (Å²) in [6, 6.07) is 6.70. The molecule has 0 N–H and O–H groups in total. The van der Waals surface area contributed by atoms with E-state index in [9.17, 15) is 4.39 Å². The zero-order valence-corrected chi connectivity index (χ0v) is 11.4. The first-order valence-electron chi connectivity index (χ1n) is 6.55. The first-order valence-corrected chi connectivity index (χ1v) is 6.55. The highest BCUT2D eigenvalue weighted by Gasteiger charge is 2.46. The lowest BCUT2D eigenvalue weighted by atomic mass is 10.0. The van der Waals surface area contributed by atoms with Gasteiger partial charge in [-0.05, 0) is 57.7 Å². The highest BCUT2D eigenvalue weighted by molar-refractivity contribution is 5.19. The van der Waals surface area contributed by atoms with Crippen molar-refractivity contribution >= 4 is 0 Å². The molecule has 0 radical (unpaired) electrons.